The summed E-state index contributed by atoms with van der Waals surface area (Å²) in [5.41, 5.74) is 1.75. The number of carbonyl (C=O) groups is 1. The first-order valence-corrected chi connectivity index (χ1v) is 8.38. The maximum absolute atomic E-state index is 11.9. The molecule has 0 spiro atoms. The number of ether oxygens (including phenoxy) is 1. The van der Waals surface area contributed by atoms with Gasteiger partial charge >= 0.3 is 125 Å². The van der Waals surface area contributed by atoms with Crippen molar-refractivity contribution in [2.45, 2.75) is 5.32 Å². The Morgan fingerprint density at radius 2 is 1.65 bits per heavy atom. The Bertz CT molecular complexity index is 576. The summed E-state index contributed by atoms with van der Waals surface area (Å²) in [7, 11) is 1.43. The van der Waals surface area contributed by atoms with Crippen molar-refractivity contribution in [2.24, 2.45) is 0 Å². The van der Waals surface area contributed by atoms with Crippen molar-refractivity contribution in [3.8, 4) is 0 Å². The van der Waals surface area contributed by atoms with Gasteiger partial charge in [0.25, 0.3) is 0 Å². The van der Waals surface area contributed by atoms with Crippen LogP contribution in [0.5, 0.6) is 0 Å². The Hall–Kier alpha value is -1.83. The summed E-state index contributed by atoms with van der Waals surface area (Å²) in [5.74, 6) is -0.244. The van der Waals surface area contributed by atoms with E-state index >= 15 is 0 Å². The zero-order valence-corrected chi connectivity index (χ0v) is 13.0. The van der Waals surface area contributed by atoms with Gasteiger partial charge in [-0.2, -0.15) is 0 Å². The molecule has 2 rings (SSSR count). The van der Waals surface area contributed by atoms with Crippen LogP contribution in [0, 0.1) is 0 Å². The molecule has 0 amide bonds. The van der Waals surface area contributed by atoms with E-state index in [1.807, 2.05) is 54.6 Å². The number of methoxy groups -OCH3 is 1. The molecule has 0 radical (unpaired) electrons. The van der Waals surface area contributed by atoms with Gasteiger partial charge in [0.15, 0.2) is 0 Å². The molecule has 2 aromatic rings. The SMILES string of the molecule is COC(=O)/C(=C/c1ccccc1)C[Se]c1ccccc1. The van der Waals surface area contributed by atoms with E-state index in [1.165, 1.54) is 11.6 Å². The van der Waals surface area contributed by atoms with E-state index in [4.69, 9.17) is 4.74 Å². The standard InChI is InChI=1S/C17H16O2Se/c1-19-17(18)15(12-14-8-4-2-5-9-14)13-20-16-10-6-3-7-11-16/h2-12H,13H2,1H3/b15-12+. The summed E-state index contributed by atoms with van der Waals surface area (Å²) in [4.78, 5) is 11.9. The van der Waals surface area contributed by atoms with Gasteiger partial charge in [-0.25, -0.2) is 0 Å². The van der Waals surface area contributed by atoms with Gasteiger partial charge < -0.3 is 0 Å². The normalized spacial score (nSPS) is 11.2. The van der Waals surface area contributed by atoms with E-state index in [1.54, 1.807) is 0 Å². The van der Waals surface area contributed by atoms with Crippen LogP contribution < -0.4 is 4.46 Å². The molecule has 0 unspecified atom stereocenters. The average Bonchev–Trinajstić information content (AvgIpc) is 2.52. The summed E-state index contributed by atoms with van der Waals surface area (Å²) >= 11 is 0.232. The van der Waals surface area contributed by atoms with Crippen molar-refractivity contribution in [3.05, 3.63) is 71.8 Å². The van der Waals surface area contributed by atoms with Crippen molar-refractivity contribution >= 4 is 31.5 Å². The second-order valence-electron chi connectivity index (χ2n) is 4.17. The first-order valence-electron chi connectivity index (χ1n) is 6.31. The number of hydrogen-bond donors (Lipinski definition) is 0. The number of rotatable bonds is 5. The fourth-order valence-corrected chi connectivity index (χ4v) is 3.55. The Morgan fingerprint density at radius 3 is 2.25 bits per heavy atom. The quantitative estimate of drug-likeness (QED) is 0.478. The summed E-state index contributed by atoms with van der Waals surface area (Å²) in [6.45, 7) is 0. The van der Waals surface area contributed by atoms with Gasteiger partial charge in [-0.15, -0.1) is 0 Å². The molecular formula is C17H16O2Se. The van der Waals surface area contributed by atoms with Crippen LogP contribution in [-0.4, -0.2) is 28.0 Å². The van der Waals surface area contributed by atoms with Gasteiger partial charge in [-0.3, -0.25) is 0 Å². The van der Waals surface area contributed by atoms with Crippen LogP contribution in [-0.2, 0) is 9.53 Å². The molecule has 0 aliphatic carbocycles. The summed E-state index contributed by atoms with van der Waals surface area (Å²) in [5, 5.41) is 0.735. The second-order valence-corrected chi connectivity index (χ2v) is 6.37. The number of esters is 1. The van der Waals surface area contributed by atoms with Gasteiger partial charge in [-0.1, -0.05) is 0 Å². The summed E-state index contributed by atoms with van der Waals surface area (Å²) < 4.78 is 6.16. The monoisotopic (exact) mass is 332 g/mol. The molecule has 0 atom stereocenters. The van der Waals surface area contributed by atoms with Gasteiger partial charge in [0.05, 0.1) is 0 Å². The molecule has 0 N–H and O–H groups in total. The van der Waals surface area contributed by atoms with E-state index in [9.17, 15) is 4.79 Å². The third kappa shape index (κ3) is 4.37. The zero-order chi connectivity index (χ0) is 14.2. The van der Waals surface area contributed by atoms with Gasteiger partial charge in [0.1, 0.15) is 0 Å². The number of carbonyl (C=O) groups excluding carboxylic acids is 1. The fourth-order valence-electron chi connectivity index (χ4n) is 1.72. The van der Waals surface area contributed by atoms with Crippen molar-refractivity contribution < 1.29 is 9.53 Å². The molecule has 0 aliphatic heterocycles. The maximum atomic E-state index is 11.9. The van der Waals surface area contributed by atoms with Crippen molar-refractivity contribution in [2.75, 3.05) is 7.11 Å². The van der Waals surface area contributed by atoms with Gasteiger partial charge in [0, 0.05) is 0 Å². The topological polar surface area (TPSA) is 26.3 Å². The molecule has 0 aromatic heterocycles. The third-order valence-electron chi connectivity index (χ3n) is 2.73. The fraction of sp³-hybridized carbons (Fsp3) is 0.118. The van der Waals surface area contributed by atoms with E-state index in [2.05, 4.69) is 12.1 Å². The molecule has 3 heteroatoms. The summed E-state index contributed by atoms with van der Waals surface area (Å²) in [6.07, 6.45) is 1.91. The number of hydrogen-bond acceptors (Lipinski definition) is 2. The molecule has 0 fully saturated rings. The van der Waals surface area contributed by atoms with Crippen molar-refractivity contribution in [1.29, 1.82) is 0 Å². The average molecular weight is 331 g/mol. The minimum absolute atomic E-state index is 0.232. The third-order valence-corrected chi connectivity index (χ3v) is 4.95. The van der Waals surface area contributed by atoms with Crippen LogP contribution >= 0.6 is 0 Å². The van der Waals surface area contributed by atoms with Crippen LogP contribution in [0.15, 0.2) is 66.2 Å². The van der Waals surface area contributed by atoms with Crippen LogP contribution in [0.3, 0.4) is 0 Å². The molecule has 0 bridgehead atoms. The Balaban J connectivity index is 2.12. The van der Waals surface area contributed by atoms with Crippen LogP contribution in [0.25, 0.3) is 6.08 Å². The molecule has 102 valence electrons. The molecule has 0 heterocycles. The van der Waals surface area contributed by atoms with E-state index in [-0.39, 0.29) is 20.9 Å². The van der Waals surface area contributed by atoms with E-state index in [0.29, 0.717) is 0 Å². The molecule has 20 heavy (non-hydrogen) atoms. The molecule has 0 saturated carbocycles. The second kappa shape index (κ2) is 7.68. The predicted molar refractivity (Wildman–Crippen MR) is 83.1 cm³/mol. The molecular weight excluding hydrogens is 315 g/mol. The van der Waals surface area contributed by atoms with E-state index < -0.39 is 0 Å². The predicted octanol–water partition coefficient (Wildman–Crippen LogP) is 2.69. The van der Waals surface area contributed by atoms with Crippen LogP contribution in [0.1, 0.15) is 5.56 Å². The Kier molecular flexibility index (Phi) is 5.60. The molecule has 0 saturated heterocycles. The van der Waals surface area contributed by atoms with Gasteiger partial charge in [0.2, 0.25) is 0 Å². The Labute approximate surface area is 125 Å². The minimum atomic E-state index is -0.244. The summed E-state index contributed by atoms with van der Waals surface area (Å²) in [6, 6.07) is 20.1. The molecule has 2 aromatic carbocycles. The van der Waals surface area contributed by atoms with Crippen LogP contribution in [0.2, 0.25) is 5.32 Å². The van der Waals surface area contributed by atoms with Gasteiger partial charge in [-0.05, 0) is 0 Å². The van der Waals surface area contributed by atoms with Crippen molar-refractivity contribution in [3.63, 3.8) is 0 Å². The van der Waals surface area contributed by atoms with Crippen LogP contribution in [0.4, 0.5) is 0 Å². The van der Waals surface area contributed by atoms with Crippen molar-refractivity contribution in [1.82, 2.24) is 0 Å². The van der Waals surface area contributed by atoms with E-state index in [0.717, 1.165) is 16.5 Å². The Morgan fingerprint density at radius 1 is 1.05 bits per heavy atom. The first kappa shape index (κ1) is 14.6. The zero-order valence-electron chi connectivity index (χ0n) is 11.3. The first-order chi connectivity index (χ1) is 9.79. The molecule has 0 aliphatic rings. The number of benzene rings is 2. The molecule has 2 nitrogen and oxygen atoms in total.